The van der Waals surface area contributed by atoms with Gasteiger partial charge in [-0.2, -0.15) is 0 Å². The van der Waals surface area contributed by atoms with Gasteiger partial charge in [-0.05, 0) is 30.9 Å². The largest absolute Gasteiger partial charge is 0.341 e. The average Bonchev–Trinajstić information content (AvgIpc) is 2.89. The molecule has 1 aliphatic carbocycles. The van der Waals surface area contributed by atoms with Crippen LogP contribution in [0.2, 0.25) is 5.02 Å². The molecule has 0 bridgehead atoms. The van der Waals surface area contributed by atoms with E-state index in [0.29, 0.717) is 12.5 Å². The predicted octanol–water partition coefficient (Wildman–Crippen LogP) is 3.51. The number of hydrogen-bond acceptors (Lipinski definition) is 3. The highest BCUT2D eigenvalue weighted by Gasteiger charge is 2.27. The van der Waals surface area contributed by atoms with Crippen LogP contribution in [0, 0.1) is 16.0 Å². The first-order chi connectivity index (χ1) is 9.50. The minimum Gasteiger partial charge on any atom is -0.341 e. The molecule has 1 fully saturated rings. The molecule has 0 radical (unpaired) electrons. The maximum atomic E-state index is 12.4. The van der Waals surface area contributed by atoms with E-state index in [-0.39, 0.29) is 22.2 Å². The van der Waals surface area contributed by atoms with E-state index in [2.05, 4.69) is 0 Å². The molecule has 1 aliphatic rings. The van der Waals surface area contributed by atoms with Crippen molar-refractivity contribution in [2.45, 2.75) is 25.7 Å². The third kappa shape index (κ3) is 3.10. The number of halogens is 1. The number of nitrogens with zero attached hydrogens (tertiary/aromatic N) is 2. The Balaban J connectivity index is 2.19. The van der Waals surface area contributed by atoms with Crippen LogP contribution in [0.15, 0.2) is 18.2 Å². The minimum atomic E-state index is -0.598. The fourth-order valence-electron chi connectivity index (χ4n) is 2.74. The smallest absolute Gasteiger partial charge is 0.300 e. The molecule has 5 nitrogen and oxygen atoms in total. The molecule has 2 rings (SSSR count). The number of hydrogen-bond donors (Lipinski definition) is 0. The summed E-state index contributed by atoms with van der Waals surface area (Å²) in [5.41, 5.74) is -0.250. The lowest BCUT2D eigenvalue weighted by molar-refractivity contribution is -0.385. The van der Waals surface area contributed by atoms with Gasteiger partial charge in [-0.15, -0.1) is 0 Å². The number of carbonyl (C=O) groups is 1. The molecule has 0 aromatic heterocycles. The number of carbonyl (C=O) groups excluding carboxylic acids is 1. The molecule has 0 unspecified atom stereocenters. The van der Waals surface area contributed by atoms with Crippen molar-refractivity contribution in [2.24, 2.45) is 5.92 Å². The van der Waals surface area contributed by atoms with Crippen molar-refractivity contribution >= 4 is 23.2 Å². The lowest BCUT2D eigenvalue weighted by Crippen LogP contribution is -2.31. The van der Waals surface area contributed by atoms with Crippen molar-refractivity contribution in [3.8, 4) is 0 Å². The minimum absolute atomic E-state index is 0.00452. The Hall–Kier alpha value is -1.62. The number of benzene rings is 1. The second kappa shape index (κ2) is 6.22. The van der Waals surface area contributed by atoms with Crippen LogP contribution in [0.1, 0.15) is 36.0 Å². The van der Waals surface area contributed by atoms with Gasteiger partial charge >= 0.3 is 5.69 Å². The highest BCUT2D eigenvalue weighted by Crippen LogP contribution is 2.30. The van der Waals surface area contributed by atoms with Crippen LogP contribution in [0.25, 0.3) is 0 Å². The van der Waals surface area contributed by atoms with Crippen molar-refractivity contribution in [1.82, 2.24) is 4.90 Å². The van der Waals surface area contributed by atoms with E-state index in [1.807, 2.05) is 0 Å². The van der Waals surface area contributed by atoms with E-state index in [0.717, 1.165) is 12.8 Å². The second-order valence-electron chi connectivity index (χ2n) is 5.23. The molecular formula is C14H17ClN2O3. The number of amides is 1. The molecule has 1 aromatic carbocycles. The quantitative estimate of drug-likeness (QED) is 0.631. The fraction of sp³-hybridized carbons (Fsp3) is 0.500. The van der Waals surface area contributed by atoms with Crippen LogP contribution in [-0.4, -0.2) is 29.3 Å². The lowest BCUT2D eigenvalue weighted by Gasteiger charge is -2.21. The Morgan fingerprint density at radius 2 is 2.10 bits per heavy atom. The summed E-state index contributed by atoms with van der Waals surface area (Å²) >= 11 is 5.83. The van der Waals surface area contributed by atoms with E-state index < -0.39 is 4.92 Å². The van der Waals surface area contributed by atoms with Crippen molar-refractivity contribution < 1.29 is 9.72 Å². The van der Waals surface area contributed by atoms with Gasteiger partial charge in [0.2, 0.25) is 0 Å². The van der Waals surface area contributed by atoms with E-state index in [9.17, 15) is 14.9 Å². The number of nitro benzene ring substituents is 1. The van der Waals surface area contributed by atoms with Gasteiger partial charge in [0.05, 0.1) is 4.92 Å². The number of rotatable bonds is 4. The van der Waals surface area contributed by atoms with Crippen LogP contribution >= 0.6 is 11.6 Å². The van der Waals surface area contributed by atoms with Gasteiger partial charge in [0.25, 0.3) is 5.91 Å². The van der Waals surface area contributed by atoms with E-state index >= 15 is 0 Å². The zero-order chi connectivity index (χ0) is 14.7. The number of nitro groups is 1. The van der Waals surface area contributed by atoms with Crippen LogP contribution in [0.5, 0.6) is 0 Å². The maximum Gasteiger partial charge on any atom is 0.300 e. The molecule has 0 spiro atoms. The van der Waals surface area contributed by atoms with Crippen molar-refractivity contribution in [2.75, 3.05) is 13.6 Å². The summed E-state index contributed by atoms with van der Waals surface area (Å²) in [7, 11) is 1.69. The lowest BCUT2D eigenvalue weighted by atomic mass is 10.1. The average molecular weight is 297 g/mol. The Morgan fingerprint density at radius 1 is 1.45 bits per heavy atom. The van der Waals surface area contributed by atoms with Crippen molar-refractivity contribution in [3.05, 3.63) is 38.9 Å². The SMILES string of the molecule is CN(CC1CCCC1)C(=O)c1cccc(Cl)c1[N+](=O)[O-]. The predicted molar refractivity (Wildman–Crippen MR) is 77.0 cm³/mol. The monoisotopic (exact) mass is 296 g/mol. The van der Waals surface area contributed by atoms with Crippen LogP contribution in [0.3, 0.4) is 0 Å². The third-order valence-electron chi connectivity index (χ3n) is 3.75. The maximum absolute atomic E-state index is 12.4. The molecule has 0 atom stereocenters. The molecule has 0 N–H and O–H groups in total. The van der Waals surface area contributed by atoms with E-state index in [1.165, 1.54) is 25.0 Å². The zero-order valence-corrected chi connectivity index (χ0v) is 12.1. The summed E-state index contributed by atoms with van der Waals surface area (Å²) in [6, 6.07) is 4.44. The molecule has 108 valence electrons. The third-order valence-corrected chi connectivity index (χ3v) is 4.06. The van der Waals surface area contributed by atoms with Gasteiger partial charge in [0.1, 0.15) is 10.6 Å². The van der Waals surface area contributed by atoms with Crippen LogP contribution in [0.4, 0.5) is 5.69 Å². The Morgan fingerprint density at radius 3 is 2.70 bits per heavy atom. The molecule has 1 amide bonds. The van der Waals surface area contributed by atoms with Crippen molar-refractivity contribution in [3.63, 3.8) is 0 Å². The fourth-order valence-corrected chi connectivity index (χ4v) is 2.99. The van der Waals surface area contributed by atoms with E-state index in [1.54, 1.807) is 18.0 Å². The van der Waals surface area contributed by atoms with Crippen molar-refractivity contribution in [1.29, 1.82) is 0 Å². The van der Waals surface area contributed by atoms with Gasteiger partial charge < -0.3 is 4.90 Å². The molecule has 1 saturated carbocycles. The first-order valence-electron chi connectivity index (χ1n) is 6.69. The molecule has 20 heavy (non-hydrogen) atoms. The van der Waals surface area contributed by atoms with Gasteiger partial charge in [-0.3, -0.25) is 14.9 Å². The van der Waals surface area contributed by atoms with Gasteiger partial charge in [0.15, 0.2) is 0 Å². The van der Waals surface area contributed by atoms with Gasteiger partial charge in [-0.1, -0.05) is 30.5 Å². The van der Waals surface area contributed by atoms with Gasteiger partial charge in [-0.25, -0.2) is 0 Å². The Labute approximate surface area is 122 Å². The molecular weight excluding hydrogens is 280 g/mol. The first-order valence-corrected chi connectivity index (χ1v) is 7.07. The Bertz CT molecular complexity index is 527. The van der Waals surface area contributed by atoms with E-state index in [4.69, 9.17) is 11.6 Å². The Kier molecular flexibility index (Phi) is 4.60. The zero-order valence-electron chi connectivity index (χ0n) is 11.3. The standard InChI is InChI=1S/C14H17ClN2O3/c1-16(9-10-5-2-3-6-10)14(18)11-7-4-8-12(15)13(11)17(19)20/h4,7-8,10H,2-3,5-6,9H2,1H3. The first kappa shape index (κ1) is 14.8. The molecule has 0 aliphatic heterocycles. The van der Waals surface area contributed by atoms with Crippen LogP contribution in [-0.2, 0) is 0 Å². The molecule has 6 heteroatoms. The summed E-state index contributed by atoms with van der Waals surface area (Å²) in [6.07, 6.45) is 4.64. The molecule has 0 saturated heterocycles. The summed E-state index contributed by atoms with van der Waals surface area (Å²) in [5, 5.41) is 11.1. The normalized spacial score (nSPS) is 15.3. The topological polar surface area (TPSA) is 63.5 Å². The number of para-hydroxylation sites is 1. The molecule has 1 aromatic rings. The summed E-state index contributed by atoms with van der Waals surface area (Å²) in [4.78, 5) is 24.4. The summed E-state index contributed by atoms with van der Waals surface area (Å²) < 4.78 is 0. The van der Waals surface area contributed by atoms with Gasteiger partial charge in [0, 0.05) is 13.6 Å². The second-order valence-corrected chi connectivity index (χ2v) is 5.64. The summed E-state index contributed by atoms with van der Waals surface area (Å²) in [5.74, 6) is 0.160. The molecule has 0 heterocycles. The highest BCUT2D eigenvalue weighted by molar-refractivity contribution is 6.33. The summed E-state index contributed by atoms with van der Waals surface area (Å²) in [6.45, 7) is 0.641. The van der Waals surface area contributed by atoms with Crippen LogP contribution < -0.4 is 0 Å². The highest BCUT2D eigenvalue weighted by atomic mass is 35.5.